The van der Waals surface area contributed by atoms with Crippen LogP contribution < -0.4 is 10.6 Å². The number of methoxy groups -OCH3 is 1. The normalized spacial score (nSPS) is 31.6. The van der Waals surface area contributed by atoms with Gasteiger partial charge in [-0.05, 0) is 12.8 Å². The number of carbonyl (C=O) groups excluding carboxylic acids is 3. The van der Waals surface area contributed by atoms with E-state index in [1.54, 1.807) is 0 Å². The first kappa shape index (κ1) is 61.7. The predicted molar refractivity (Wildman–Crippen MR) is 224 cm³/mol. The fraction of sp³-hybridized carbons (Fsp3) is 0.925. The molecule has 0 aromatic rings. The van der Waals surface area contributed by atoms with Crippen molar-refractivity contribution in [1.82, 2.24) is 10.6 Å². The lowest BCUT2D eigenvalue weighted by Gasteiger charge is -2.39. The number of rotatable bonds is 35. The zero-order chi connectivity index (χ0) is 51.6. The molecule has 3 aliphatic rings. The molecule has 3 rings (SSSR count). The second kappa shape index (κ2) is 33.3. The molecule has 70 heavy (non-hydrogen) atoms. The minimum absolute atomic E-state index is 0.00292. The van der Waals surface area contributed by atoms with Gasteiger partial charge in [-0.1, -0.05) is 0 Å². The predicted octanol–water partition coefficient (Wildman–Crippen LogP) is -8.89. The fourth-order valence-corrected chi connectivity index (χ4v) is 6.85. The summed E-state index contributed by atoms with van der Waals surface area (Å²) in [7, 11) is 1.24. The molecular weight excluding hydrogens is 956 g/mol. The van der Waals surface area contributed by atoms with Crippen LogP contribution in [0.3, 0.4) is 0 Å². The number of amides is 2. The first-order valence-electron chi connectivity index (χ1n) is 22.4. The number of esters is 1. The van der Waals surface area contributed by atoms with Gasteiger partial charge >= 0.3 is 5.97 Å². The van der Waals surface area contributed by atoms with Gasteiger partial charge in [-0.3, -0.25) is 14.4 Å². The summed E-state index contributed by atoms with van der Waals surface area (Å²) < 4.78 is 70.3. The van der Waals surface area contributed by atoms with Crippen molar-refractivity contribution in [2.75, 3.05) is 113 Å². The first-order valence-corrected chi connectivity index (χ1v) is 22.4. The van der Waals surface area contributed by atoms with Gasteiger partial charge < -0.3 is 133 Å². The standard InChI is InChI=1S/C40H72N2O28/c1-58-27(48)5-3-2-4-25(46)41-12-26(47)42-40(16-62-19-59-6-9-65-37-34(55)31(52)28(49)22(13-43)68-37,17-63-20-60-7-10-66-38-35(56)32(53)29(50)23(14-44)69-38)18-64-21-61-8-11-67-39-36(57)33(54)30(51)24(15-45)70-39/h22-24,28-39,43-45,49-57H,2-21H2,1H3,(H,41,46)(H,42,47)/t22-,23-,24-,28+,29+,30+,31+,32+,33+,34-,35-,36-,37-,38-,39-/m1/s1. The number of hydrogen-bond acceptors (Lipinski definition) is 28. The van der Waals surface area contributed by atoms with Crippen molar-refractivity contribution in [1.29, 1.82) is 0 Å². The van der Waals surface area contributed by atoms with Crippen molar-refractivity contribution in [3.05, 3.63) is 0 Å². The zero-order valence-corrected chi connectivity index (χ0v) is 38.7. The van der Waals surface area contributed by atoms with E-state index in [0.717, 1.165) is 0 Å². The largest absolute Gasteiger partial charge is 0.469 e. The molecule has 14 N–H and O–H groups in total. The maximum absolute atomic E-state index is 13.4. The molecular formula is C40H72N2O28. The lowest BCUT2D eigenvalue weighted by atomic mass is 9.99. The summed E-state index contributed by atoms with van der Waals surface area (Å²) >= 11 is 0. The van der Waals surface area contributed by atoms with E-state index in [4.69, 9.17) is 56.8 Å². The van der Waals surface area contributed by atoms with E-state index in [9.17, 15) is 75.7 Å². The summed E-state index contributed by atoms with van der Waals surface area (Å²) in [4.78, 5) is 37.3. The van der Waals surface area contributed by atoms with E-state index in [1.165, 1.54) is 7.11 Å². The van der Waals surface area contributed by atoms with Gasteiger partial charge in [0.05, 0.1) is 92.9 Å². The van der Waals surface area contributed by atoms with Crippen LogP contribution in [0.4, 0.5) is 0 Å². The lowest BCUT2D eigenvalue weighted by molar-refractivity contribution is -0.303. The second-order valence-electron chi connectivity index (χ2n) is 16.2. The number of nitrogens with one attached hydrogen (secondary N) is 2. The quantitative estimate of drug-likeness (QED) is 0.0159. The Morgan fingerprint density at radius 1 is 0.471 bits per heavy atom. The molecule has 0 unspecified atom stereocenters. The molecule has 0 saturated carbocycles. The van der Waals surface area contributed by atoms with Crippen molar-refractivity contribution in [2.24, 2.45) is 0 Å². The highest BCUT2D eigenvalue weighted by atomic mass is 16.7. The molecule has 0 aromatic heterocycles. The number of aliphatic hydroxyl groups excluding tert-OH is 12. The highest BCUT2D eigenvalue weighted by Crippen LogP contribution is 2.24. The van der Waals surface area contributed by atoms with E-state index >= 15 is 0 Å². The van der Waals surface area contributed by atoms with Crippen molar-refractivity contribution < 1.29 is 137 Å². The molecule has 0 spiro atoms. The third-order valence-corrected chi connectivity index (χ3v) is 10.8. The minimum Gasteiger partial charge on any atom is -0.469 e. The smallest absolute Gasteiger partial charge is 0.305 e. The van der Waals surface area contributed by atoms with E-state index in [1.807, 2.05) is 0 Å². The molecule has 3 heterocycles. The average Bonchev–Trinajstić information content (AvgIpc) is 3.35. The number of unbranched alkanes of at least 4 members (excludes halogenated alkanes) is 1. The summed E-state index contributed by atoms with van der Waals surface area (Å²) in [5.41, 5.74) is -1.61. The maximum atomic E-state index is 13.4. The van der Waals surface area contributed by atoms with Crippen LogP contribution in [0.2, 0.25) is 0 Å². The molecule has 410 valence electrons. The third-order valence-electron chi connectivity index (χ3n) is 10.8. The Bertz CT molecular complexity index is 1330. The van der Waals surface area contributed by atoms with Crippen LogP contribution in [0, 0.1) is 0 Å². The van der Waals surface area contributed by atoms with Gasteiger partial charge in [0.1, 0.15) is 99.2 Å². The van der Waals surface area contributed by atoms with Gasteiger partial charge in [-0.25, -0.2) is 0 Å². The molecule has 30 heteroatoms. The topological polar surface area (TPSA) is 438 Å². The summed E-state index contributed by atoms with van der Waals surface area (Å²) in [6.45, 7) is -6.29. The van der Waals surface area contributed by atoms with Crippen molar-refractivity contribution in [3.8, 4) is 0 Å². The van der Waals surface area contributed by atoms with Gasteiger partial charge in [0, 0.05) is 12.8 Å². The molecule has 0 aromatic carbocycles. The molecule has 0 radical (unpaired) electrons. The molecule has 0 bridgehead atoms. The molecule has 30 nitrogen and oxygen atoms in total. The summed E-state index contributed by atoms with van der Waals surface area (Å²) in [6, 6.07) is 0. The van der Waals surface area contributed by atoms with Gasteiger partial charge in [0.15, 0.2) is 18.9 Å². The second-order valence-corrected chi connectivity index (χ2v) is 16.2. The molecule has 3 saturated heterocycles. The monoisotopic (exact) mass is 1030 g/mol. The Hall–Kier alpha value is -2.55. The Balaban J connectivity index is 1.62. The van der Waals surface area contributed by atoms with Crippen molar-refractivity contribution >= 4 is 17.8 Å². The lowest BCUT2D eigenvalue weighted by Crippen LogP contribution is -2.60. The van der Waals surface area contributed by atoms with Crippen LogP contribution in [0.5, 0.6) is 0 Å². The third kappa shape index (κ3) is 20.4. The Kier molecular flexibility index (Phi) is 29.4. The number of aliphatic hydroxyl groups is 12. The Morgan fingerprint density at radius 3 is 1.17 bits per heavy atom. The molecule has 15 atom stereocenters. The van der Waals surface area contributed by atoms with E-state index in [0.29, 0.717) is 12.8 Å². The van der Waals surface area contributed by atoms with Gasteiger partial charge in [-0.2, -0.15) is 0 Å². The molecule has 2 amide bonds. The summed E-state index contributed by atoms with van der Waals surface area (Å²) in [6.07, 6.45) is -21.7. The molecule has 0 aliphatic carbocycles. The Labute approximate surface area is 402 Å². The van der Waals surface area contributed by atoms with Crippen LogP contribution in [0.1, 0.15) is 25.7 Å². The highest BCUT2D eigenvalue weighted by Gasteiger charge is 2.46. The summed E-state index contributed by atoms with van der Waals surface area (Å²) in [5, 5.41) is 124. The number of carbonyl (C=O) groups is 3. The van der Waals surface area contributed by atoms with E-state index in [-0.39, 0.29) is 52.5 Å². The van der Waals surface area contributed by atoms with Crippen LogP contribution in [-0.2, 0) is 76.0 Å². The Morgan fingerprint density at radius 2 is 0.829 bits per heavy atom. The fourth-order valence-electron chi connectivity index (χ4n) is 6.85. The SMILES string of the molecule is COC(=O)CCCCC(=O)NCC(=O)NC(COCOCCO[C@@H]1O[C@H](CO)[C@H](O)[C@H](O)[C@H]1O)(COCOCCO[C@@H]1O[C@H](CO)[C@H](O)[C@H](O)[C@H]1O)COCOCCO[C@@H]1O[C@H](CO)[C@H](O)[C@H](O)[C@H]1O. The van der Waals surface area contributed by atoms with Crippen molar-refractivity contribution in [3.63, 3.8) is 0 Å². The maximum Gasteiger partial charge on any atom is 0.305 e. The highest BCUT2D eigenvalue weighted by molar-refractivity contribution is 5.85. The van der Waals surface area contributed by atoms with Crippen LogP contribution >= 0.6 is 0 Å². The van der Waals surface area contributed by atoms with Crippen LogP contribution in [0.25, 0.3) is 0 Å². The van der Waals surface area contributed by atoms with Gasteiger partial charge in [0.2, 0.25) is 11.8 Å². The molecule has 3 aliphatic heterocycles. The number of hydrogen-bond donors (Lipinski definition) is 14. The van der Waals surface area contributed by atoms with Crippen LogP contribution in [-0.4, -0.2) is 290 Å². The van der Waals surface area contributed by atoms with E-state index in [2.05, 4.69) is 15.4 Å². The number of ether oxygens (including phenoxy) is 13. The zero-order valence-electron chi connectivity index (χ0n) is 38.7. The van der Waals surface area contributed by atoms with Gasteiger partial charge in [-0.15, -0.1) is 0 Å². The van der Waals surface area contributed by atoms with E-state index < -0.39 is 182 Å². The van der Waals surface area contributed by atoms with Crippen molar-refractivity contribution in [2.45, 2.75) is 123 Å². The minimum atomic E-state index is -1.66. The summed E-state index contributed by atoms with van der Waals surface area (Å²) in [5.74, 6) is -1.67. The average molecular weight is 1030 g/mol. The first-order chi connectivity index (χ1) is 33.5. The molecule has 3 fully saturated rings. The van der Waals surface area contributed by atoms with Crippen LogP contribution in [0.15, 0.2) is 0 Å². The van der Waals surface area contributed by atoms with Gasteiger partial charge in [0.25, 0.3) is 0 Å².